The fourth-order valence-electron chi connectivity index (χ4n) is 2.52. The number of carbonyl (C=O) groups is 3. The Labute approximate surface area is 185 Å². The van der Waals surface area contributed by atoms with Gasteiger partial charge < -0.3 is 15.2 Å². The average Bonchev–Trinajstić information content (AvgIpc) is 2.67. The zero-order chi connectivity index (χ0) is 22.9. The largest absolute Gasteiger partial charge is 0.481 e. The predicted octanol–water partition coefficient (Wildman–Crippen LogP) is 4.66. The van der Waals surface area contributed by atoms with Gasteiger partial charge in [0.1, 0.15) is 6.04 Å². The third kappa shape index (κ3) is 15.9. The van der Waals surface area contributed by atoms with Gasteiger partial charge in [0.05, 0.1) is 13.5 Å². The highest BCUT2D eigenvalue weighted by Crippen LogP contribution is 2.13. The highest BCUT2D eigenvalue weighted by atomic mass is 32.2. The van der Waals surface area contributed by atoms with Crippen molar-refractivity contribution in [3.8, 4) is 0 Å². The highest BCUT2D eigenvalue weighted by molar-refractivity contribution is 7.99. The van der Waals surface area contributed by atoms with Crippen LogP contribution in [0, 0.1) is 0 Å². The van der Waals surface area contributed by atoms with Gasteiger partial charge in [0.15, 0.2) is 0 Å². The molecule has 1 amide bonds. The second-order valence-electron chi connectivity index (χ2n) is 7.53. The number of allylic oxidation sites excluding steroid dienone is 5. The first-order chi connectivity index (χ1) is 14.1. The molecule has 0 aliphatic heterocycles. The van der Waals surface area contributed by atoms with Gasteiger partial charge in [0.2, 0.25) is 5.91 Å². The molecule has 170 valence electrons. The van der Waals surface area contributed by atoms with Crippen molar-refractivity contribution in [1.82, 2.24) is 5.32 Å². The minimum Gasteiger partial charge on any atom is -0.481 e. The minimum atomic E-state index is -1.05. The van der Waals surface area contributed by atoms with Gasteiger partial charge in [-0.25, -0.2) is 4.79 Å². The van der Waals surface area contributed by atoms with E-state index in [1.165, 1.54) is 35.6 Å². The van der Waals surface area contributed by atoms with Crippen molar-refractivity contribution < 1.29 is 24.2 Å². The van der Waals surface area contributed by atoms with Crippen LogP contribution in [0.3, 0.4) is 0 Å². The summed E-state index contributed by atoms with van der Waals surface area (Å²) < 4.78 is 4.72. The molecular weight excluding hydrogens is 402 g/mol. The monoisotopic (exact) mass is 439 g/mol. The first-order valence-electron chi connectivity index (χ1n) is 10.3. The number of rotatable bonds is 15. The van der Waals surface area contributed by atoms with E-state index < -0.39 is 23.9 Å². The maximum atomic E-state index is 11.8. The molecule has 0 heterocycles. The normalized spacial score (nSPS) is 12.8. The van der Waals surface area contributed by atoms with E-state index in [2.05, 4.69) is 51.2 Å². The van der Waals surface area contributed by atoms with Gasteiger partial charge in [-0.2, -0.15) is 11.8 Å². The second-order valence-corrected chi connectivity index (χ2v) is 8.61. The molecule has 0 saturated heterocycles. The van der Waals surface area contributed by atoms with Gasteiger partial charge in [0, 0.05) is 17.9 Å². The molecule has 0 spiro atoms. The van der Waals surface area contributed by atoms with Crippen LogP contribution >= 0.6 is 11.8 Å². The van der Waals surface area contributed by atoms with E-state index >= 15 is 0 Å². The van der Waals surface area contributed by atoms with Crippen LogP contribution in [0.1, 0.15) is 66.2 Å². The summed E-state index contributed by atoms with van der Waals surface area (Å²) in [5, 5.41) is 11.2. The quantitative estimate of drug-likeness (QED) is 0.219. The molecular formula is C23H37NO5S. The summed E-state index contributed by atoms with van der Waals surface area (Å²) >= 11 is 1.52. The number of hydrogen-bond donors (Lipinski definition) is 2. The number of hydrogen-bond acceptors (Lipinski definition) is 5. The summed E-state index contributed by atoms with van der Waals surface area (Å²) in [5.41, 5.74) is 4.05. The van der Waals surface area contributed by atoms with Crippen molar-refractivity contribution in [2.75, 3.05) is 18.6 Å². The van der Waals surface area contributed by atoms with Crippen molar-refractivity contribution in [1.29, 1.82) is 0 Å². The molecule has 0 saturated carbocycles. The summed E-state index contributed by atoms with van der Waals surface area (Å²) in [4.78, 5) is 34.2. The Bertz CT molecular complexity index is 648. The maximum absolute atomic E-state index is 11.8. The van der Waals surface area contributed by atoms with E-state index in [-0.39, 0.29) is 12.8 Å². The SMILES string of the molecule is COC(=O)C(CSCC=C(C)CCC=C(C)CCC=C(C)C)NC(=O)CCC(=O)O. The fraction of sp³-hybridized carbons (Fsp3) is 0.609. The summed E-state index contributed by atoms with van der Waals surface area (Å²) in [6.07, 6.45) is 10.5. The smallest absolute Gasteiger partial charge is 0.329 e. The molecule has 1 atom stereocenters. The number of nitrogens with one attached hydrogen (secondary N) is 1. The minimum absolute atomic E-state index is 0.159. The van der Waals surface area contributed by atoms with Crippen LogP contribution in [0.15, 0.2) is 34.9 Å². The Balaban J connectivity index is 4.32. The van der Waals surface area contributed by atoms with Gasteiger partial charge in [-0.3, -0.25) is 9.59 Å². The predicted molar refractivity (Wildman–Crippen MR) is 124 cm³/mol. The molecule has 0 aliphatic rings. The molecule has 2 N–H and O–H groups in total. The lowest BCUT2D eigenvalue weighted by atomic mass is 10.1. The molecule has 0 bridgehead atoms. The molecule has 6 nitrogen and oxygen atoms in total. The number of methoxy groups -OCH3 is 1. The standard InChI is InChI=1S/C23H37NO5S/c1-17(2)8-6-9-18(3)10-7-11-19(4)14-15-30-16-20(23(28)29-5)24-21(25)12-13-22(26)27/h8,10,14,20H,6-7,9,11-13,15-16H2,1-5H3,(H,24,25)(H,26,27). The van der Waals surface area contributed by atoms with Crippen molar-refractivity contribution in [3.63, 3.8) is 0 Å². The summed E-state index contributed by atoms with van der Waals surface area (Å²) in [6.45, 7) is 8.50. The van der Waals surface area contributed by atoms with E-state index in [4.69, 9.17) is 9.84 Å². The average molecular weight is 440 g/mol. The number of thioether (sulfide) groups is 1. The lowest BCUT2D eigenvalue weighted by molar-refractivity contribution is -0.144. The maximum Gasteiger partial charge on any atom is 0.329 e. The summed E-state index contributed by atoms with van der Waals surface area (Å²) in [6, 6.07) is -0.776. The van der Waals surface area contributed by atoms with Gasteiger partial charge in [-0.05, 0) is 53.4 Å². The number of carboxylic acid groups (broad SMARTS) is 1. The van der Waals surface area contributed by atoms with Crippen molar-refractivity contribution in [3.05, 3.63) is 34.9 Å². The molecule has 0 aromatic carbocycles. The topological polar surface area (TPSA) is 92.7 Å². The van der Waals surface area contributed by atoms with Crippen LogP contribution in [0.2, 0.25) is 0 Å². The van der Waals surface area contributed by atoms with Gasteiger partial charge in [0.25, 0.3) is 0 Å². The molecule has 0 rings (SSSR count). The number of carboxylic acids is 1. The van der Waals surface area contributed by atoms with Crippen molar-refractivity contribution in [2.45, 2.75) is 72.3 Å². The molecule has 7 heteroatoms. The first-order valence-corrected chi connectivity index (χ1v) is 11.4. The molecule has 0 radical (unpaired) electrons. The second kappa shape index (κ2) is 16.7. The molecule has 0 aromatic rings. The highest BCUT2D eigenvalue weighted by Gasteiger charge is 2.21. The fourth-order valence-corrected chi connectivity index (χ4v) is 3.52. The van der Waals surface area contributed by atoms with Crippen LogP contribution in [0.5, 0.6) is 0 Å². The molecule has 0 aliphatic carbocycles. The van der Waals surface area contributed by atoms with Crippen LogP contribution in [0.4, 0.5) is 0 Å². The van der Waals surface area contributed by atoms with E-state index in [0.717, 1.165) is 31.4 Å². The third-order valence-corrected chi connectivity index (χ3v) is 5.32. The van der Waals surface area contributed by atoms with Crippen molar-refractivity contribution >= 4 is 29.6 Å². The zero-order valence-electron chi connectivity index (χ0n) is 19.0. The van der Waals surface area contributed by atoms with Crippen LogP contribution in [-0.2, 0) is 19.1 Å². The first kappa shape index (κ1) is 28.0. The number of amides is 1. The van der Waals surface area contributed by atoms with Crippen LogP contribution < -0.4 is 5.32 Å². The summed E-state index contributed by atoms with van der Waals surface area (Å²) in [5.74, 6) is -0.938. The van der Waals surface area contributed by atoms with E-state index in [9.17, 15) is 14.4 Å². The molecule has 1 unspecified atom stereocenters. The third-order valence-electron chi connectivity index (χ3n) is 4.34. The Kier molecular flexibility index (Phi) is 15.6. The Morgan fingerprint density at radius 1 is 0.933 bits per heavy atom. The molecule has 0 fully saturated rings. The van der Waals surface area contributed by atoms with Crippen molar-refractivity contribution in [2.24, 2.45) is 0 Å². The number of ether oxygens (including phenoxy) is 1. The van der Waals surface area contributed by atoms with E-state index in [1.807, 2.05) is 0 Å². The number of esters is 1. The van der Waals surface area contributed by atoms with Gasteiger partial charge in [-0.1, -0.05) is 34.9 Å². The molecule has 0 aromatic heterocycles. The molecule has 30 heavy (non-hydrogen) atoms. The summed E-state index contributed by atoms with van der Waals surface area (Å²) in [7, 11) is 1.27. The lowest BCUT2D eigenvalue weighted by Gasteiger charge is -2.15. The lowest BCUT2D eigenvalue weighted by Crippen LogP contribution is -2.43. The van der Waals surface area contributed by atoms with Gasteiger partial charge >= 0.3 is 11.9 Å². The number of aliphatic carboxylic acids is 1. The zero-order valence-corrected chi connectivity index (χ0v) is 19.8. The van der Waals surface area contributed by atoms with Gasteiger partial charge in [-0.15, -0.1) is 0 Å². The van der Waals surface area contributed by atoms with E-state index in [0.29, 0.717) is 5.75 Å². The van der Waals surface area contributed by atoms with E-state index in [1.54, 1.807) is 0 Å². The Hall–Kier alpha value is -2.02. The van der Waals surface area contributed by atoms with Crippen LogP contribution in [-0.4, -0.2) is 47.6 Å². The Morgan fingerprint density at radius 2 is 1.53 bits per heavy atom. The number of carbonyl (C=O) groups excluding carboxylic acids is 2. The Morgan fingerprint density at radius 3 is 2.10 bits per heavy atom. The van der Waals surface area contributed by atoms with Crippen LogP contribution in [0.25, 0.3) is 0 Å².